The summed E-state index contributed by atoms with van der Waals surface area (Å²) in [5.41, 5.74) is 2.19. The van der Waals surface area contributed by atoms with Crippen molar-refractivity contribution in [3.05, 3.63) is 53.8 Å². The largest absolute Gasteiger partial charge is 0.371 e. The third-order valence-electron chi connectivity index (χ3n) is 5.76. The Morgan fingerprint density at radius 1 is 1.15 bits per heavy atom. The molecule has 2 aromatic carbocycles. The van der Waals surface area contributed by atoms with Gasteiger partial charge in [0.05, 0.1) is 9.79 Å². The number of nitrogens with one attached hydrogen (secondary N) is 1. The van der Waals surface area contributed by atoms with E-state index in [1.165, 1.54) is 18.2 Å². The number of likely N-dealkylation sites (N-methyl/N-ethyl adjacent to an activating group) is 1. The molecule has 4 rings (SSSR count). The number of rotatable bonds is 2. The Balaban J connectivity index is 1.81. The maximum Gasteiger partial charge on any atom is 0.206 e. The number of hydrogen-bond donors (Lipinski definition) is 1. The predicted octanol–water partition coefficient (Wildman–Crippen LogP) is 3.19. The summed E-state index contributed by atoms with van der Waals surface area (Å²) in [5, 5.41) is 3.47. The molecule has 138 valence electrons. The summed E-state index contributed by atoms with van der Waals surface area (Å²) in [6, 6.07) is 10.9. The van der Waals surface area contributed by atoms with Crippen molar-refractivity contribution in [1.29, 1.82) is 0 Å². The van der Waals surface area contributed by atoms with E-state index in [0.29, 0.717) is 17.9 Å². The van der Waals surface area contributed by atoms with Gasteiger partial charge in [-0.25, -0.2) is 12.8 Å². The molecule has 0 bridgehead atoms. The lowest BCUT2D eigenvalue weighted by Gasteiger charge is -2.27. The first-order chi connectivity index (χ1) is 12.4. The van der Waals surface area contributed by atoms with Crippen LogP contribution in [0, 0.1) is 11.7 Å². The first-order valence-electron chi connectivity index (χ1n) is 8.98. The molecule has 0 amide bonds. The Labute approximate surface area is 153 Å². The fourth-order valence-corrected chi connectivity index (χ4v) is 5.78. The predicted molar refractivity (Wildman–Crippen MR) is 99.9 cm³/mol. The highest BCUT2D eigenvalue weighted by Crippen LogP contribution is 2.46. The van der Waals surface area contributed by atoms with E-state index in [9.17, 15) is 12.8 Å². The molecule has 26 heavy (non-hydrogen) atoms. The van der Waals surface area contributed by atoms with E-state index < -0.39 is 15.7 Å². The van der Waals surface area contributed by atoms with Crippen molar-refractivity contribution in [2.45, 2.75) is 35.1 Å². The van der Waals surface area contributed by atoms with Crippen molar-refractivity contribution in [3.63, 3.8) is 0 Å². The Morgan fingerprint density at radius 2 is 1.92 bits per heavy atom. The minimum absolute atomic E-state index is 0.00377. The Kier molecular flexibility index (Phi) is 4.28. The SMILES string of the molecule is CC1CNCC[C@H]2[C@@H]1c1cc(S(=O)(=O)c3cccc(F)c3)ccc1N2C. The molecule has 0 saturated carbocycles. The van der Waals surface area contributed by atoms with Crippen molar-refractivity contribution < 1.29 is 12.8 Å². The van der Waals surface area contributed by atoms with Gasteiger partial charge in [0.2, 0.25) is 9.84 Å². The summed E-state index contributed by atoms with van der Waals surface area (Å²) in [5.74, 6) is 0.168. The van der Waals surface area contributed by atoms with Gasteiger partial charge in [-0.05, 0) is 67.4 Å². The number of sulfone groups is 1. The van der Waals surface area contributed by atoms with E-state index >= 15 is 0 Å². The fraction of sp³-hybridized carbons (Fsp3) is 0.400. The molecule has 0 aliphatic carbocycles. The van der Waals surface area contributed by atoms with Crippen LogP contribution in [0.4, 0.5) is 10.1 Å². The van der Waals surface area contributed by atoms with Crippen LogP contribution in [-0.2, 0) is 9.84 Å². The summed E-state index contributed by atoms with van der Waals surface area (Å²) in [4.78, 5) is 2.51. The highest BCUT2D eigenvalue weighted by Gasteiger charge is 2.41. The zero-order valence-electron chi connectivity index (χ0n) is 14.9. The minimum atomic E-state index is -3.74. The lowest BCUT2D eigenvalue weighted by Crippen LogP contribution is -2.32. The zero-order valence-corrected chi connectivity index (χ0v) is 15.8. The van der Waals surface area contributed by atoms with Crippen LogP contribution in [0.5, 0.6) is 0 Å². The van der Waals surface area contributed by atoms with Crippen LogP contribution in [0.1, 0.15) is 24.8 Å². The Hall–Kier alpha value is -1.92. The quantitative estimate of drug-likeness (QED) is 0.877. The van der Waals surface area contributed by atoms with Gasteiger partial charge in [-0.2, -0.15) is 0 Å². The molecule has 1 fully saturated rings. The van der Waals surface area contributed by atoms with Crippen molar-refractivity contribution in [2.75, 3.05) is 25.0 Å². The molecular weight excluding hydrogens is 351 g/mol. The maximum atomic E-state index is 13.5. The van der Waals surface area contributed by atoms with Crippen LogP contribution < -0.4 is 10.2 Å². The topological polar surface area (TPSA) is 49.4 Å². The number of halogens is 1. The average Bonchev–Trinajstić information content (AvgIpc) is 2.76. The second-order valence-electron chi connectivity index (χ2n) is 7.36. The number of fused-ring (bicyclic) bond motifs is 3. The molecule has 2 aliphatic heterocycles. The standard InChI is InChI=1S/C20H23FN2O2S/c1-13-12-22-9-8-19-20(13)17-11-16(6-7-18(17)23(19)2)26(24,25)15-5-3-4-14(21)10-15/h3-7,10-11,13,19-20,22H,8-9,12H2,1-2H3/t13?,19-,20-/m0/s1. The molecule has 2 heterocycles. The monoisotopic (exact) mass is 374 g/mol. The van der Waals surface area contributed by atoms with E-state index in [4.69, 9.17) is 0 Å². The normalized spacial score (nSPS) is 25.5. The van der Waals surface area contributed by atoms with Gasteiger partial charge in [0, 0.05) is 24.7 Å². The molecule has 3 atom stereocenters. The molecule has 0 aromatic heterocycles. The maximum absolute atomic E-state index is 13.5. The smallest absolute Gasteiger partial charge is 0.206 e. The number of nitrogens with zero attached hydrogens (tertiary/aromatic N) is 1. The summed E-state index contributed by atoms with van der Waals surface area (Å²) in [6.45, 7) is 4.11. The van der Waals surface area contributed by atoms with Crippen molar-refractivity contribution in [2.24, 2.45) is 5.92 Å². The summed E-state index contributed by atoms with van der Waals surface area (Å²) in [6.07, 6.45) is 1.03. The first-order valence-corrected chi connectivity index (χ1v) is 10.5. The van der Waals surface area contributed by atoms with Crippen LogP contribution in [0.2, 0.25) is 0 Å². The number of benzene rings is 2. The third kappa shape index (κ3) is 2.72. The van der Waals surface area contributed by atoms with Crippen molar-refractivity contribution >= 4 is 15.5 Å². The van der Waals surface area contributed by atoms with Gasteiger partial charge in [0.25, 0.3) is 0 Å². The van der Waals surface area contributed by atoms with E-state index in [2.05, 4.69) is 24.2 Å². The molecule has 0 radical (unpaired) electrons. The van der Waals surface area contributed by atoms with Gasteiger partial charge in [0.1, 0.15) is 5.82 Å². The highest BCUT2D eigenvalue weighted by molar-refractivity contribution is 7.91. The molecule has 1 saturated heterocycles. The number of anilines is 1. The third-order valence-corrected chi connectivity index (χ3v) is 7.51. The number of hydrogen-bond acceptors (Lipinski definition) is 4. The van der Waals surface area contributed by atoms with E-state index in [-0.39, 0.29) is 9.79 Å². The molecule has 4 nitrogen and oxygen atoms in total. The molecule has 2 aromatic rings. The van der Waals surface area contributed by atoms with E-state index in [0.717, 1.165) is 36.8 Å². The molecular formula is C20H23FN2O2S. The fourth-order valence-electron chi connectivity index (χ4n) is 4.45. The van der Waals surface area contributed by atoms with Gasteiger partial charge >= 0.3 is 0 Å². The molecule has 0 spiro atoms. The Bertz CT molecular complexity index is 945. The second-order valence-corrected chi connectivity index (χ2v) is 9.31. The highest BCUT2D eigenvalue weighted by atomic mass is 32.2. The second kappa shape index (κ2) is 6.35. The van der Waals surface area contributed by atoms with Gasteiger partial charge in [-0.3, -0.25) is 0 Å². The van der Waals surface area contributed by atoms with Crippen LogP contribution in [0.3, 0.4) is 0 Å². The lowest BCUT2D eigenvalue weighted by molar-refractivity contribution is 0.424. The molecule has 1 unspecified atom stereocenters. The summed E-state index contributed by atoms with van der Waals surface area (Å²) >= 11 is 0. The molecule has 6 heteroatoms. The van der Waals surface area contributed by atoms with Crippen LogP contribution >= 0.6 is 0 Å². The minimum Gasteiger partial charge on any atom is -0.371 e. The molecule has 2 aliphatic rings. The van der Waals surface area contributed by atoms with Crippen molar-refractivity contribution in [3.8, 4) is 0 Å². The van der Waals surface area contributed by atoms with Gasteiger partial charge < -0.3 is 10.2 Å². The van der Waals surface area contributed by atoms with Crippen LogP contribution in [0.25, 0.3) is 0 Å². The van der Waals surface area contributed by atoms with Gasteiger partial charge in [0.15, 0.2) is 0 Å². The lowest BCUT2D eigenvalue weighted by atomic mass is 9.84. The van der Waals surface area contributed by atoms with Gasteiger partial charge in [-0.15, -0.1) is 0 Å². The van der Waals surface area contributed by atoms with Crippen LogP contribution in [-0.4, -0.2) is 34.6 Å². The van der Waals surface area contributed by atoms with E-state index in [1.54, 1.807) is 12.1 Å². The Morgan fingerprint density at radius 3 is 2.69 bits per heavy atom. The van der Waals surface area contributed by atoms with Crippen molar-refractivity contribution in [1.82, 2.24) is 5.32 Å². The summed E-state index contributed by atoms with van der Waals surface area (Å²) < 4.78 is 39.5. The summed E-state index contributed by atoms with van der Waals surface area (Å²) in [7, 11) is -1.65. The first kappa shape index (κ1) is 17.5. The average molecular weight is 374 g/mol. The zero-order chi connectivity index (χ0) is 18.5. The van der Waals surface area contributed by atoms with Crippen LogP contribution in [0.15, 0.2) is 52.3 Å². The van der Waals surface area contributed by atoms with Gasteiger partial charge in [-0.1, -0.05) is 13.0 Å². The van der Waals surface area contributed by atoms with E-state index in [1.807, 2.05) is 6.07 Å². The molecule has 1 N–H and O–H groups in total.